The van der Waals surface area contributed by atoms with E-state index in [0.29, 0.717) is 28.0 Å². The van der Waals surface area contributed by atoms with Gasteiger partial charge in [0, 0.05) is 11.8 Å². The largest absolute Gasteiger partial charge is 0.394 e. The van der Waals surface area contributed by atoms with Gasteiger partial charge in [0.1, 0.15) is 5.52 Å². The van der Waals surface area contributed by atoms with E-state index in [1.165, 1.54) is 6.20 Å². The number of aromatic amines is 1. The van der Waals surface area contributed by atoms with Gasteiger partial charge in [-0.15, -0.1) is 0 Å². The SMILES string of the molecule is CC(C)S(=O)(=O)c1ccc(-c2cnc3[nH]cc(C(=O)N[C@@H](CO)c4ccccc4)c3n2)cc1. The number of aliphatic hydroxyl groups excluding tert-OH is 1. The monoisotopic (exact) mass is 464 g/mol. The van der Waals surface area contributed by atoms with Gasteiger partial charge in [-0.3, -0.25) is 4.79 Å². The highest BCUT2D eigenvalue weighted by molar-refractivity contribution is 7.92. The number of rotatable bonds is 7. The fourth-order valence-electron chi connectivity index (χ4n) is 3.45. The van der Waals surface area contributed by atoms with Gasteiger partial charge >= 0.3 is 0 Å². The zero-order valence-corrected chi connectivity index (χ0v) is 19.0. The van der Waals surface area contributed by atoms with Crippen LogP contribution < -0.4 is 5.32 Å². The minimum absolute atomic E-state index is 0.243. The van der Waals surface area contributed by atoms with Crippen molar-refractivity contribution in [2.75, 3.05) is 6.61 Å². The maximum atomic E-state index is 13.0. The van der Waals surface area contributed by atoms with E-state index in [-0.39, 0.29) is 11.5 Å². The lowest BCUT2D eigenvalue weighted by Gasteiger charge is -2.16. The molecular weight excluding hydrogens is 440 g/mol. The molecule has 4 rings (SSSR count). The fraction of sp³-hybridized carbons (Fsp3) is 0.208. The Balaban J connectivity index is 1.63. The molecule has 1 atom stereocenters. The van der Waals surface area contributed by atoms with E-state index in [1.807, 2.05) is 30.3 Å². The first kappa shape index (κ1) is 22.6. The maximum Gasteiger partial charge on any atom is 0.255 e. The molecule has 3 N–H and O–H groups in total. The number of hydrogen-bond acceptors (Lipinski definition) is 6. The molecule has 1 amide bonds. The van der Waals surface area contributed by atoms with Crippen LogP contribution in [0.1, 0.15) is 35.8 Å². The van der Waals surface area contributed by atoms with Crippen molar-refractivity contribution in [2.24, 2.45) is 0 Å². The summed E-state index contributed by atoms with van der Waals surface area (Å²) in [5.74, 6) is -0.394. The summed E-state index contributed by atoms with van der Waals surface area (Å²) in [6, 6.07) is 15.1. The summed E-state index contributed by atoms with van der Waals surface area (Å²) in [5.41, 5.74) is 3.10. The van der Waals surface area contributed by atoms with E-state index in [9.17, 15) is 18.3 Å². The number of amides is 1. The standard InChI is InChI=1S/C24H24N4O4S/c1-15(2)33(31,32)18-10-8-17(9-11-18)20-13-26-23-22(27-20)19(12-25-23)24(30)28-21(14-29)16-6-4-3-5-7-16/h3-13,15,21,29H,14H2,1-2H3,(H,25,26)(H,28,30)/t21-/m0/s1. The number of fused-ring (bicyclic) bond motifs is 1. The van der Waals surface area contributed by atoms with Crippen LogP contribution >= 0.6 is 0 Å². The Morgan fingerprint density at radius 3 is 2.42 bits per heavy atom. The third kappa shape index (κ3) is 4.50. The van der Waals surface area contributed by atoms with Gasteiger partial charge < -0.3 is 15.4 Å². The van der Waals surface area contributed by atoms with Crippen LogP contribution in [-0.4, -0.2) is 46.2 Å². The van der Waals surface area contributed by atoms with Crippen LogP contribution in [0.2, 0.25) is 0 Å². The molecule has 170 valence electrons. The Bertz CT molecular complexity index is 1380. The molecule has 0 aliphatic heterocycles. The van der Waals surface area contributed by atoms with E-state index in [4.69, 9.17) is 0 Å². The molecule has 0 saturated heterocycles. The first-order chi connectivity index (χ1) is 15.8. The maximum absolute atomic E-state index is 13.0. The number of benzene rings is 2. The summed E-state index contributed by atoms with van der Waals surface area (Å²) in [4.78, 5) is 25.1. The second kappa shape index (κ2) is 9.13. The van der Waals surface area contributed by atoms with Crippen LogP contribution in [0.5, 0.6) is 0 Å². The van der Waals surface area contributed by atoms with Crippen molar-refractivity contribution in [1.82, 2.24) is 20.3 Å². The van der Waals surface area contributed by atoms with Crippen LogP contribution in [0.25, 0.3) is 22.4 Å². The predicted octanol–water partition coefficient (Wildman–Crippen LogP) is 3.27. The lowest BCUT2D eigenvalue weighted by atomic mass is 10.1. The molecule has 2 heterocycles. The summed E-state index contributed by atoms with van der Waals surface area (Å²) in [6.45, 7) is 3.03. The van der Waals surface area contributed by atoms with Gasteiger partial charge in [0.15, 0.2) is 15.5 Å². The molecule has 4 aromatic rings. The molecule has 0 bridgehead atoms. The van der Waals surface area contributed by atoms with Gasteiger partial charge in [-0.2, -0.15) is 0 Å². The summed E-state index contributed by atoms with van der Waals surface area (Å²) in [5, 5.41) is 12.1. The second-order valence-electron chi connectivity index (χ2n) is 7.89. The molecule has 0 saturated carbocycles. The number of hydrogen-bond donors (Lipinski definition) is 3. The molecule has 2 aromatic heterocycles. The van der Waals surface area contributed by atoms with Gasteiger partial charge in [0.2, 0.25) is 0 Å². The minimum Gasteiger partial charge on any atom is -0.394 e. The second-order valence-corrected chi connectivity index (χ2v) is 10.4. The number of aliphatic hydroxyl groups is 1. The molecule has 33 heavy (non-hydrogen) atoms. The smallest absolute Gasteiger partial charge is 0.255 e. The van der Waals surface area contributed by atoms with Crippen molar-refractivity contribution in [3.63, 3.8) is 0 Å². The van der Waals surface area contributed by atoms with Crippen LogP contribution in [0.3, 0.4) is 0 Å². The Kier molecular flexibility index (Phi) is 6.26. The molecule has 2 aromatic carbocycles. The Hall–Kier alpha value is -3.56. The van der Waals surface area contributed by atoms with Crippen LogP contribution in [0, 0.1) is 0 Å². The lowest BCUT2D eigenvalue weighted by Crippen LogP contribution is -2.30. The fourth-order valence-corrected chi connectivity index (χ4v) is 4.51. The van der Waals surface area contributed by atoms with Gasteiger partial charge in [-0.05, 0) is 31.5 Å². The molecule has 0 unspecified atom stereocenters. The third-order valence-electron chi connectivity index (χ3n) is 5.41. The molecule has 0 aliphatic carbocycles. The van der Waals surface area contributed by atoms with Crippen molar-refractivity contribution >= 4 is 26.9 Å². The normalized spacial score (nSPS) is 12.7. The average Bonchev–Trinajstić information content (AvgIpc) is 3.26. The molecular formula is C24H24N4O4S. The van der Waals surface area contributed by atoms with Crippen LogP contribution in [0.15, 0.2) is 71.9 Å². The zero-order valence-electron chi connectivity index (χ0n) is 18.2. The molecule has 0 fully saturated rings. The molecule has 8 nitrogen and oxygen atoms in total. The highest BCUT2D eigenvalue weighted by Crippen LogP contribution is 2.24. The van der Waals surface area contributed by atoms with Crippen molar-refractivity contribution < 1.29 is 18.3 Å². The van der Waals surface area contributed by atoms with Crippen LogP contribution in [-0.2, 0) is 9.84 Å². The number of nitrogens with one attached hydrogen (secondary N) is 2. The average molecular weight is 465 g/mol. The van der Waals surface area contributed by atoms with Gasteiger partial charge in [0.05, 0.1) is 40.2 Å². The third-order valence-corrected chi connectivity index (χ3v) is 7.58. The molecule has 0 aliphatic rings. The number of carbonyl (C=O) groups is 1. The number of nitrogens with zero attached hydrogens (tertiary/aromatic N) is 2. The molecule has 9 heteroatoms. The molecule has 0 spiro atoms. The molecule has 0 radical (unpaired) electrons. The number of carbonyl (C=O) groups excluding carboxylic acids is 1. The van der Waals surface area contributed by atoms with E-state index in [2.05, 4.69) is 20.3 Å². The lowest BCUT2D eigenvalue weighted by molar-refractivity contribution is 0.0917. The quantitative estimate of drug-likeness (QED) is 0.385. The summed E-state index contributed by atoms with van der Waals surface area (Å²) in [7, 11) is -3.37. The Morgan fingerprint density at radius 2 is 1.79 bits per heavy atom. The number of H-pyrrole nitrogens is 1. The summed E-state index contributed by atoms with van der Waals surface area (Å²) < 4.78 is 24.7. The van der Waals surface area contributed by atoms with E-state index in [1.54, 1.807) is 44.3 Å². The first-order valence-electron chi connectivity index (χ1n) is 10.5. The van der Waals surface area contributed by atoms with Crippen molar-refractivity contribution in [3.05, 3.63) is 78.1 Å². The summed E-state index contributed by atoms with van der Waals surface area (Å²) >= 11 is 0. The zero-order chi connectivity index (χ0) is 23.6. The van der Waals surface area contributed by atoms with Crippen LogP contribution in [0.4, 0.5) is 0 Å². The summed E-state index contributed by atoms with van der Waals surface area (Å²) in [6.07, 6.45) is 3.09. The van der Waals surface area contributed by atoms with E-state index in [0.717, 1.165) is 5.56 Å². The Labute approximate surface area is 191 Å². The number of aromatic nitrogens is 3. The Morgan fingerprint density at radius 1 is 1.09 bits per heavy atom. The van der Waals surface area contributed by atoms with Gasteiger partial charge in [-0.1, -0.05) is 42.5 Å². The highest BCUT2D eigenvalue weighted by Gasteiger charge is 2.21. The van der Waals surface area contributed by atoms with E-state index >= 15 is 0 Å². The number of sulfone groups is 1. The van der Waals surface area contributed by atoms with Crippen molar-refractivity contribution in [1.29, 1.82) is 0 Å². The van der Waals surface area contributed by atoms with E-state index < -0.39 is 27.0 Å². The predicted molar refractivity (Wildman–Crippen MR) is 125 cm³/mol. The topological polar surface area (TPSA) is 125 Å². The van der Waals surface area contributed by atoms with Crippen molar-refractivity contribution in [2.45, 2.75) is 30.0 Å². The first-order valence-corrected chi connectivity index (χ1v) is 12.0. The van der Waals surface area contributed by atoms with Crippen molar-refractivity contribution in [3.8, 4) is 11.3 Å². The van der Waals surface area contributed by atoms with Gasteiger partial charge in [0.25, 0.3) is 5.91 Å². The highest BCUT2D eigenvalue weighted by atomic mass is 32.2. The van der Waals surface area contributed by atoms with Gasteiger partial charge in [-0.25, -0.2) is 18.4 Å². The minimum atomic E-state index is -3.37.